The summed E-state index contributed by atoms with van der Waals surface area (Å²) in [6.07, 6.45) is 3.05. The number of piperidine rings is 1. The number of likely N-dealkylation sites (tertiary alicyclic amines) is 1. The molecule has 0 radical (unpaired) electrons. The van der Waals surface area contributed by atoms with Gasteiger partial charge in [-0.2, -0.15) is 0 Å². The van der Waals surface area contributed by atoms with Gasteiger partial charge in [-0.3, -0.25) is 15.0 Å². The Morgan fingerprint density at radius 3 is 2.79 bits per heavy atom. The zero-order valence-corrected chi connectivity index (χ0v) is 12.3. The van der Waals surface area contributed by atoms with Gasteiger partial charge in [0.05, 0.1) is 6.54 Å². The van der Waals surface area contributed by atoms with Gasteiger partial charge in [-0.15, -0.1) is 12.4 Å². The smallest absolute Gasteiger partial charge is 0.321 e. The Kier molecular flexibility index (Phi) is 9.55. The number of nitrogens with one attached hydrogen (secondary N) is 2. The highest BCUT2D eigenvalue weighted by Gasteiger charge is 2.21. The number of imide groups is 1. The van der Waals surface area contributed by atoms with E-state index in [4.69, 9.17) is 5.73 Å². The number of urea groups is 1. The van der Waals surface area contributed by atoms with E-state index < -0.39 is 6.03 Å². The van der Waals surface area contributed by atoms with E-state index in [1.807, 2.05) is 6.92 Å². The second kappa shape index (κ2) is 10.00. The molecule has 1 aliphatic rings. The molecule has 1 unspecified atom stereocenters. The first-order chi connectivity index (χ1) is 8.65. The SMILES string of the molecule is CCCNC(=O)NC(=O)CN1CCCC(CN)C1.Cl. The number of amides is 3. The van der Waals surface area contributed by atoms with E-state index in [2.05, 4.69) is 15.5 Å². The molecule has 4 N–H and O–H groups in total. The van der Waals surface area contributed by atoms with E-state index in [0.717, 1.165) is 32.4 Å². The molecule has 0 aromatic rings. The Morgan fingerprint density at radius 2 is 2.16 bits per heavy atom. The van der Waals surface area contributed by atoms with Crippen LogP contribution in [0.25, 0.3) is 0 Å². The highest BCUT2D eigenvalue weighted by Crippen LogP contribution is 2.14. The predicted molar refractivity (Wildman–Crippen MR) is 77.3 cm³/mol. The maximum Gasteiger partial charge on any atom is 0.321 e. The molecule has 0 aromatic heterocycles. The van der Waals surface area contributed by atoms with Crippen molar-refractivity contribution < 1.29 is 9.59 Å². The summed E-state index contributed by atoms with van der Waals surface area (Å²) in [5.41, 5.74) is 5.64. The van der Waals surface area contributed by atoms with Gasteiger partial charge < -0.3 is 11.1 Å². The highest BCUT2D eigenvalue weighted by molar-refractivity contribution is 5.95. The van der Waals surface area contributed by atoms with Crippen molar-refractivity contribution in [2.24, 2.45) is 11.7 Å². The summed E-state index contributed by atoms with van der Waals surface area (Å²) in [5.74, 6) is 0.224. The summed E-state index contributed by atoms with van der Waals surface area (Å²) < 4.78 is 0. The minimum atomic E-state index is -0.408. The molecule has 0 bridgehead atoms. The summed E-state index contributed by atoms with van der Waals surface area (Å²) >= 11 is 0. The lowest BCUT2D eigenvalue weighted by Gasteiger charge is -2.31. The van der Waals surface area contributed by atoms with Crippen molar-refractivity contribution in [2.75, 3.05) is 32.7 Å². The van der Waals surface area contributed by atoms with Crippen LogP contribution in [0.2, 0.25) is 0 Å². The predicted octanol–water partition coefficient (Wildman–Crippen LogP) is 0.315. The van der Waals surface area contributed by atoms with Crippen LogP contribution in [-0.4, -0.2) is 49.6 Å². The molecule has 0 spiro atoms. The molecule has 0 aromatic carbocycles. The number of hydrogen-bond acceptors (Lipinski definition) is 4. The van der Waals surface area contributed by atoms with E-state index in [9.17, 15) is 9.59 Å². The fourth-order valence-electron chi connectivity index (χ4n) is 2.14. The van der Waals surface area contributed by atoms with Crippen molar-refractivity contribution in [3.63, 3.8) is 0 Å². The lowest BCUT2D eigenvalue weighted by atomic mass is 9.98. The maximum absolute atomic E-state index is 11.6. The van der Waals surface area contributed by atoms with Gasteiger partial charge in [0, 0.05) is 13.1 Å². The molecule has 0 saturated carbocycles. The van der Waals surface area contributed by atoms with Crippen LogP contribution in [0.15, 0.2) is 0 Å². The number of carbonyl (C=O) groups is 2. The molecular formula is C12H25ClN4O2. The average Bonchev–Trinajstić information content (AvgIpc) is 2.36. The Morgan fingerprint density at radius 1 is 1.42 bits per heavy atom. The van der Waals surface area contributed by atoms with Crippen LogP contribution in [0.4, 0.5) is 4.79 Å². The Bertz CT molecular complexity index is 289. The fourth-order valence-corrected chi connectivity index (χ4v) is 2.14. The number of halogens is 1. The number of nitrogens with zero attached hydrogens (tertiary/aromatic N) is 1. The molecule has 112 valence electrons. The quantitative estimate of drug-likeness (QED) is 0.681. The lowest BCUT2D eigenvalue weighted by molar-refractivity contribution is -0.121. The molecule has 0 aliphatic carbocycles. The molecule has 6 nitrogen and oxygen atoms in total. The summed E-state index contributed by atoms with van der Waals surface area (Å²) in [7, 11) is 0. The first kappa shape index (κ1) is 18.1. The van der Waals surface area contributed by atoms with E-state index in [0.29, 0.717) is 19.0 Å². The van der Waals surface area contributed by atoms with Crippen molar-refractivity contribution >= 4 is 24.3 Å². The topological polar surface area (TPSA) is 87.5 Å². The monoisotopic (exact) mass is 292 g/mol. The first-order valence-electron chi connectivity index (χ1n) is 6.65. The minimum Gasteiger partial charge on any atom is -0.338 e. The zero-order chi connectivity index (χ0) is 13.4. The second-order valence-electron chi connectivity index (χ2n) is 4.78. The van der Waals surface area contributed by atoms with Crippen molar-refractivity contribution in [2.45, 2.75) is 26.2 Å². The van der Waals surface area contributed by atoms with Gasteiger partial charge in [-0.05, 0) is 38.3 Å². The van der Waals surface area contributed by atoms with Crippen molar-refractivity contribution in [1.29, 1.82) is 0 Å². The van der Waals surface area contributed by atoms with Gasteiger partial charge in [0.1, 0.15) is 0 Å². The van der Waals surface area contributed by atoms with E-state index >= 15 is 0 Å². The van der Waals surface area contributed by atoms with Crippen LogP contribution in [0.5, 0.6) is 0 Å². The number of carbonyl (C=O) groups excluding carboxylic acids is 2. The summed E-state index contributed by atoms with van der Waals surface area (Å²) in [5, 5.41) is 4.94. The lowest BCUT2D eigenvalue weighted by Crippen LogP contribution is -2.47. The Labute approximate surface area is 120 Å². The third kappa shape index (κ3) is 7.34. The Hall–Kier alpha value is -0.850. The van der Waals surface area contributed by atoms with Crippen molar-refractivity contribution in [3.8, 4) is 0 Å². The summed E-state index contributed by atoms with van der Waals surface area (Å²) in [6, 6.07) is -0.408. The fraction of sp³-hybridized carbons (Fsp3) is 0.833. The third-order valence-electron chi connectivity index (χ3n) is 3.09. The van der Waals surface area contributed by atoms with Gasteiger partial charge >= 0.3 is 6.03 Å². The van der Waals surface area contributed by atoms with Gasteiger partial charge in [-0.25, -0.2) is 4.79 Å². The second-order valence-corrected chi connectivity index (χ2v) is 4.78. The first-order valence-corrected chi connectivity index (χ1v) is 6.65. The molecule has 7 heteroatoms. The van der Waals surface area contributed by atoms with E-state index in [-0.39, 0.29) is 24.9 Å². The van der Waals surface area contributed by atoms with Crippen LogP contribution in [-0.2, 0) is 4.79 Å². The molecule has 1 atom stereocenters. The molecule has 3 amide bonds. The molecule has 1 aliphatic heterocycles. The molecule has 1 rings (SSSR count). The highest BCUT2D eigenvalue weighted by atomic mass is 35.5. The van der Waals surface area contributed by atoms with Crippen LogP contribution in [0.1, 0.15) is 26.2 Å². The molecule has 1 saturated heterocycles. The van der Waals surface area contributed by atoms with Gasteiger partial charge in [0.2, 0.25) is 5.91 Å². The molecule has 1 fully saturated rings. The number of nitrogens with two attached hydrogens (primary N) is 1. The van der Waals surface area contributed by atoms with E-state index in [1.54, 1.807) is 0 Å². The van der Waals surface area contributed by atoms with Crippen LogP contribution in [0.3, 0.4) is 0 Å². The summed E-state index contributed by atoms with van der Waals surface area (Å²) in [4.78, 5) is 25.0. The molecule has 19 heavy (non-hydrogen) atoms. The van der Waals surface area contributed by atoms with E-state index in [1.165, 1.54) is 0 Å². The zero-order valence-electron chi connectivity index (χ0n) is 11.5. The van der Waals surface area contributed by atoms with Crippen molar-refractivity contribution in [1.82, 2.24) is 15.5 Å². The summed E-state index contributed by atoms with van der Waals surface area (Å²) in [6.45, 7) is 5.23. The molecule has 1 heterocycles. The number of rotatable bonds is 5. The standard InChI is InChI=1S/C12H24N4O2.ClH/c1-2-5-14-12(18)15-11(17)9-16-6-3-4-10(7-13)8-16;/h10H,2-9,13H2,1H3,(H2,14,15,17,18);1H. The van der Waals surface area contributed by atoms with Crippen LogP contribution < -0.4 is 16.4 Å². The average molecular weight is 293 g/mol. The molecular weight excluding hydrogens is 268 g/mol. The van der Waals surface area contributed by atoms with Gasteiger partial charge in [-0.1, -0.05) is 6.92 Å². The van der Waals surface area contributed by atoms with Crippen LogP contribution >= 0.6 is 12.4 Å². The largest absolute Gasteiger partial charge is 0.338 e. The van der Waals surface area contributed by atoms with Gasteiger partial charge in [0.15, 0.2) is 0 Å². The van der Waals surface area contributed by atoms with Gasteiger partial charge in [0.25, 0.3) is 0 Å². The normalized spacial score (nSPS) is 19.4. The van der Waals surface area contributed by atoms with Crippen LogP contribution in [0, 0.1) is 5.92 Å². The Balaban J connectivity index is 0.00000324. The number of hydrogen-bond donors (Lipinski definition) is 3. The minimum absolute atomic E-state index is 0. The maximum atomic E-state index is 11.6. The third-order valence-corrected chi connectivity index (χ3v) is 3.09. The van der Waals surface area contributed by atoms with Crippen molar-refractivity contribution in [3.05, 3.63) is 0 Å².